The van der Waals surface area contributed by atoms with Crippen LogP contribution in [0.1, 0.15) is 30.9 Å². The number of benzene rings is 2. The maximum atomic E-state index is 12.9. The van der Waals surface area contributed by atoms with Crippen LogP contribution in [0.25, 0.3) is 0 Å². The molecule has 3 rings (SSSR count). The Hall–Kier alpha value is -2.09. The van der Waals surface area contributed by atoms with Crippen molar-refractivity contribution in [1.82, 2.24) is 4.31 Å². The van der Waals surface area contributed by atoms with Crippen LogP contribution in [0.15, 0.2) is 59.5 Å². The summed E-state index contributed by atoms with van der Waals surface area (Å²) in [7, 11) is -3.48. The van der Waals surface area contributed by atoms with Crippen LogP contribution in [0.5, 0.6) is 0 Å². The van der Waals surface area contributed by atoms with Gasteiger partial charge in [-0.25, -0.2) is 8.42 Å². The fraction of sp³-hybridized carbons (Fsp3) is 0.300. The number of aryl methyl sites for hydroxylation is 1. The highest BCUT2D eigenvalue weighted by Crippen LogP contribution is 2.38. The molecule has 0 amide bonds. The Bertz CT molecular complexity index is 861. The molecule has 1 aliphatic rings. The van der Waals surface area contributed by atoms with Crippen LogP contribution in [0, 0.1) is 18.8 Å². The molecule has 0 radical (unpaired) electrons. The minimum Gasteiger partial charge on any atom is -0.207 e. The van der Waals surface area contributed by atoms with E-state index in [0.29, 0.717) is 4.90 Å². The fourth-order valence-electron chi connectivity index (χ4n) is 2.84. The highest BCUT2D eigenvalue weighted by molar-refractivity contribution is 7.89. The van der Waals surface area contributed by atoms with Crippen molar-refractivity contribution in [3.63, 3.8) is 0 Å². The summed E-state index contributed by atoms with van der Waals surface area (Å²) in [5, 5.41) is 0. The predicted octanol–water partition coefficient (Wildman–Crippen LogP) is 3.59. The van der Waals surface area contributed by atoms with Gasteiger partial charge in [0.05, 0.1) is 10.9 Å². The van der Waals surface area contributed by atoms with Crippen LogP contribution in [0.3, 0.4) is 0 Å². The maximum absolute atomic E-state index is 12.9. The number of rotatable bonds is 4. The van der Waals surface area contributed by atoms with Gasteiger partial charge >= 0.3 is 0 Å². The van der Waals surface area contributed by atoms with E-state index in [-0.39, 0.29) is 12.1 Å². The molecule has 0 saturated carbocycles. The Labute approximate surface area is 144 Å². The number of hydrogen-bond acceptors (Lipinski definition) is 2. The van der Waals surface area contributed by atoms with Crippen LogP contribution in [-0.4, -0.2) is 24.8 Å². The summed E-state index contributed by atoms with van der Waals surface area (Å²) < 4.78 is 27.3. The lowest BCUT2D eigenvalue weighted by Crippen LogP contribution is -2.15. The van der Waals surface area contributed by atoms with Crippen molar-refractivity contribution in [1.29, 1.82) is 0 Å². The summed E-state index contributed by atoms with van der Waals surface area (Å²) in [6.07, 6.45) is 1.77. The average Bonchev–Trinajstić information content (AvgIpc) is 3.28. The summed E-state index contributed by atoms with van der Waals surface area (Å²) in [5.74, 6) is 6.24. The molecule has 4 heteroatoms. The van der Waals surface area contributed by atoms with Crippen molar-refractivity contribution in [2.45, 2.75) is 43.7 Å². The summed E-state index contributed by atoms with van der Waals surface area (Å²) in [4.78, 5) is 0.346. The molecule has 0 aliphatic carbocycles. The molecule has 2 aromatic rings. The first-order valence-electron chi connectivity index (χ1n) is 8.21. The van der Waals surface area contributed by atoms with Crippen molar-refractivity contribution in [3.8, 4) is 11.8 Å². The minimum absolute atomic E-state index is 0.0162. The molecule has 0 aromatic heterocycles. The van der Waals surface area contributed by atoms with Gasteiger partial charge in [-0.15, -0.1) is 0 Å². The largest absolute Gasteiger partial charge is 0.244 e. The minimum atomic E-state index is -3.48. The maximum Gasteiger partial charge on any atom is 0.244 e. The third-order valence-corrected chi connectivity index (χ3v) is 6.12. The topological polar surface area (TPSA) is 37.1 Å². The van der Waals surface area contributed by atoms with E-state index in [4.69, 9.17) is 0 Å². The molecule has 1 fully saturated rings. The zero-order chi connectivity index (χ0) is 17.2. The van der Waals surface area contributed by atoms with Gasteiger partial charge in [-0.2, -0.15) is 4.31 Å². The molecule has 1 unspecified atom stereocenters. The van der Waals surface area contributed by atoms with Gasteiger partial charge in [-0.3, -0.25) is 0 Å². The zero-order valence-electron chi connectivity index (χ0n) is 13.9. The number of hydrogen-bond donors (Lipinski definition) is 0. The van der Waals surface area contributed by atoms with Gasteiger partial charge in [0, 0.05) is 5.56 Å². The van der Waals surface area contributed by atoms with Gasteiger partial charge in [0.2, 0.25) is 10.0 Å². The van der Waals surface area contributed by atoms with Crippen molar-refractivity contribution in [2.24, 2.45) is 0 Å². The highest BCUT2D eigenvalue weighted by Gasteiger charge is 2.54. The Kier molecular flexibility index (Phi) is 4.75. The highest BCUT2D eigenvalue weighted by atomic mass is 32.2. The quantitative estimate of drug-likeness (QED) is 0.630. The number of nitrogens with zero attached hydrogens (tertiary/aromatic N) is 1. The normalized spacial score (nSPS) is 22.5. The first-order valence-corrected chi connectivity index (χ1v) is 9.65. The lowest BCUT2D eigenvalue weighted by Gasteiger charge is -2.06. The second-order valence-electron chi connectivity index (χ2n) is 6.08. The van der Waals surface area contributed by atoms with Crippen LogP contribution >= 0.6 is 0 Å². The molecule has 3 atom stereocenters. The van der Waals surface area contributed by atoms with Gasteiger partial charge < -0.3 is 0 Å². The Balaban J connectivity index is 1.86. The summed E-state index contributed by atoms with van der Waals surface area (Å²) >= 11 is 0. The molecule has 1 saturated heterocycles. The number of sulfonamides is 1. The van der Waals surface area contributed by atoms with Crippen LogP contribution < -0.4 is 0 Å². The van der Waals surface area contributed by atoms with Crippen molar-refractivity contribution < 1.29 is 8.42 Å². The summed E-state index contributed by atoms with van der Waals surface area (Å²) in [6, 6.07) is 16.4. The molecule has 24 heavy (non-hydrogen) atoms. The zero-order valence-corrected chi connectivity index (χ0v) is 14.8. The Morgan fingerprint density at radius 1 is 1.04 bits per heavy atom. The van der Waals surface area contributed by atoms with Crippen LogP contribution in [0.4, 0.5) is 0 Å². The molecule has 0 spiro atoms. The average molecular weight is 339 g/mol. The molecule has 124 valence electrons. The lowest BCUT2D eigenvalue weighted by atomic mass is 10.2. The third-order valence-electron chi connectivity index (χ3n) is 4.19. The smallest absolute Gasteiger partial charge is 0.207 e. The summed E-state index contributed by atoms with van der Waals surface area (Å²) in [5.41, 5.74) is 1.96. The molecular weight excluding hydrogens is 318 g/mol. The van der Waals surface area contributed by atoms with Crippen LogP contribution in [0.2, 0.25) is 0 Å². The van der Waals surface area contributed by atoms with Gasteiger partial charge in [-0.05, 0) is 37.6 Å². The predicted molar refractivity (Wildman–Crippen MR) is 96.0 cm³/mol. The molecule has 1 heterocycles. The van der Waals surface area contributed by atoms with E-state index in [1.807, 2.05) is 49.4 Å². The second-order valence-corrected chi connectivity index (χ2v) is 7.93. The molecule has 2 aromatic carbocycles. The summed E-state index contributed by atoms with van der Waals surface area (Å²) in [6.45, 7) is 4.01. The lowest BCUT2D eigenvalue weighted by molar-refractivity contribution is 0.544. The van der Waals surface area contributed by atoms with Gasteiger partial charge in [0.1, 0.15) is 6.04 Å². The Morgan fingerprint density at radius 2 is 1.71 bits per heavy atom. The molecular formula is C20H21NO2S. The molecule has 0 bridgehead atoms. The second kappa shape index (κ2) is 6.80. The standard InChI is InChI=1S/C20H21NO2S/c1-3-7-19-20(15-12-17-8-5-4-6-9-17)21(19)24(22,23)18-13-10-16(2)11-14-18/h4-6,8-11,13-14,19-20H,3,7H2,1-2H3/t19-,20+,21?/m1/s1. The van der Waals surface area contributed by atoms with E-state index >= 15 is 0 Å². The van der Waals surface area contributed by atoms with Crippen molar-refractivity contribution >= 4 is 10.0 Å². The first kappa shape index (κ1) is 16.8. The van der Waals surface area contributed by atoms with E-state index in [9.17, 15) is 8.42 Å². The van der Waals surface area contributed by atoms with E-state index < -0.39 is 10.0 Å². The van der Waals surface area contributed by atoms with Gasteiger partial charge in [-0.1, -0.05) is 61.1 Å². The Morgan fingerprint density at radius 3 is 2.33 bits per heavy atom. The monoisotopic (exact) mass is 339 g/mol. The third kappa shape index (κ3) is 3.38. The van der Waals surface area contributed by atoms with Crippen molar-refractivity contribution in [3.05, 3.63) is 65.7 Å². The molecule has 1 aliphatic heterocycles. The molecule has 0 N–H and O–H groups in total. The van der Waals surface area contributed by atoms with E-state index in [1.54, 1.807) is 16.4 Å². The van der Waals surface area contributed by atoms with E-state index in [0.717, 1.165) is 24.0 Å². The first-order chi connectivity index (χ1) is 11.5. The van der Waals surface area contributed by atoms with Crippen molar-refractivity contribution in [2.75, 3.05) is 0 Å². The van der Waals surface area contributed by atoms with E-state index in [1.165, 1.54) is 0 Å². The fourth-order valence-corrected chi connectivity index (χ4v) is 4.57. The van der Waals surface area contributed by atoms with Crippen LogP contribution in [-0.2, 0) is 10.0 Å². The van der Waals surface area contributed by atoms with E-state index in [2.05, 4.69) is 18.8 Å². The molecule has 3 nitrogen and oxygen atoms in total. The van der Waals surface area contributed by atoms with Gasteiger partial charge in [0.25, 0.3) is 0 Å². The van der Waals surface area contributed by atoms with Gasteiger partial charge in [0.15, 0.2) is 0 Å². The SMILES string of the molecule is CCC[C@@H]1[C@H](C#Cc2ccccc2)N1S(=O)(=O)c1ccc(C)cc1.